The van der Waals surface area contributed by atoms with Crippen molar-refractivity contribution in [3.8, 4) is 0 Å². The summed E-state index contributed by atoms with van der Waals surface area (Å²) >= 11 is 0. The van der Waals surface area contributed by atoms with Crippen LogP contribution in [-0.2, 0) is 19.6 Å². The van der Waals surface area contributed by atoms with Crippen molar-refractivity contribution in [2.75, 3.05) is 12.9 Å². The minimum atomic E-state index is -3.72. The molecule has 0 amide bonds. The number of ether oxygens (including phenoxy) is 1. The van der Waals surface area contributed by atoms with Gasteiger partial charge in [-0.15, -0.1) is 0 Å². The maximum atomic E-state index is 13.8. The molecule has 2 N–H and O–H groups in total. The first-order chi connectivity index (χ1) is 8.74. The summed E-state index contributed by atoms with van der Waals surface area (Å²) < 4.78 is 40.3. The maximum Gasteiger partial charge on any atom is 0.313 e. The van der Waals surface area contributed by atoms with Gasteiger partial charge in [-0.25, -0.2) is 17.9 Å². The van der Waals surface area contributed by atoms with Crippen LogP contribution in [0.25, 0.3) is 0 Å². The summed E-state index contributed by atoms with van der Waals surface area (Å²) in [5.41, 5.74) is 0.817. The highest BCUT2D eigenvalue weighted by Gasteiger charge is 2.25. The Labute approximate surface area is 111 Å². The van der Waals surface area contributed by atoms with Crippen molar-refractivity contribution in [3.05, 3.63) is 35.1 Å². The van der Waals surface area contributed by atoms with Crippen LogP contribution >= 0.6 is 0 Å². The first-order valence-electron chi connectivity index (χ1n) is 5.59. The summed E-state index contributed by atoms with van der Waals surface area (Å²) in [6, 6.07) is 4.38. The first-order valence-corrected chi connectivity index (χ1v) is 7.30. The Hall–Kier alpha value is -1.47. The predicted molar refractivity (Wildman–Crippen MR) is 68.5 cm³/mol. The molecule has 0 spiro atoms. The van der Waals surface area contributed by atoms with E-state index in [1.54, 1.807) is 13.0 Å². The van der Waals surface area contributed by atoms with Gasteiger partial charge in [-0.1, -0.05) is 12.1 Å². The third-order valence-electron chi connectivity index (χ3n) is 2.71. The minimum Gasteiger partial charge on any atom is -0.469 e. The van der Waals surface area contributed by atoms with E-state index in [0.717, 1.165) is 0 Å². The lowest BCUT2D eigenvalue weighted by Gasteiger charge is -2.15. The molecule has 7 heteroatoms. The molecule has 5 nitrogen and oxygen atoms in total. The standard InChI is InChI=1S/C12H16FNO4S/c1-8-3-4-9(11(13)7-8)10(12(15)18-2)5-6-19(14,16)17/h3-4,7,10H,5-6H2,1-2H3,(H2,14,16,17). The van der Waals surface area contributed by atoms with Crippen LogP contribution in [0.4, 0.5) is 4.39 Å². The van der Waals surface area contributed by atoms with E-state index in [2.05, 4.69) is 4.74 Å². The quantitative estimate of drug-likeness (QED) is 0.821. The average Bonchev–Trinajstić information content (AvgIpc) is 2.29. The number of nitrogens with two attached hydrogens (primary N) is 1. The molecule has 0 fully saturated rings. The lowest BCUT2D eigenvalue weighted by atomic mass is 9.95. The number of benzene rings is 1. The summed E-state index contributed by atoms with van der Waals surface area (Å²) in [5, 5.41) is 4.89. The molecular weight excluding hydrogens is 273 g/mol. The number of esters is 1. The molecule has 0 saturated carbocycles. The van der Waals surface area contributed by atoms with Gasteiger partial charge in [-0.2, -0.15) is 0 Å². The Kier molecular flexibility index (Phi) is 5.02. The van der Waals surface area contributed by atoms with E-state index in [-0.39, 0.29) is 12.0 Å². The van der Waals surface area contributed by atoms with Crippen molar-refractivity contribution in [2.45, 2.75) is 19.3 Å². The Morgan fingerprint density at radius 1 is 1.47 bits per heavy atom. The summed E-state index contributed by atoms with van der Waals surface area (Å²) in [6.07, 6.45) is -0.120. The van der Waals surface area contributed by atoms with Crippen LogP contribution in [0.1, 0.15) is 23.5 Å². The predicted octanol–water partition coefficient (Wildman–Crippen LogP) is 1.07. The van der Waals surface area contributed by atoms with Crippen molar-refractivity contribution in [3.63, 3.8) is 0 Å². The van der Waals surface area contributed by atoms with Crippen LogP contribution in [0.2, 0.25) is 0 Å². The summed E-state index contributed by atoms with van der Waals surface area (Å²) in [5.74, 6) is -2.65. The van der Waals surface area contributed by atoms with Crippen LogP contribution in [0.3, 0.4) is 0 Å². The molecule has 0 aliphatic rings. The van der Waals surface area contributed by atoms with Crippen LogP contribution < -0.4 is 5.14 Å². The zero-order valence-electron chi connectivity index (χ0n) is 10.7. The highest BCUT2D eigenvalue weighted by atomic mass is 32.2. The van der Waals surface area contributed by atoms with Gasteiger partial charge in [0.05, 0.1) is 18.8 Å². The molecule has 1 atom stereocenters. The van der Waals surface area contributed by atoms with E-state index < -0.39 is 33.5 Å². The molecule has 0 radical (unpaired) electrons. The number of sulfonamides is 1. The Bertz CT molecular complexity index is 571. The number of carbonyl (C=O) groups excluding carboxylic acids is 1. The van der Waals surface area contributed by atoms with E-state index in [1.807, 2.05) is 0 Å². The van der Waals surface area contributed by atoms with Gasteiger partial charge < -0.3 is 4.74 Å². The van der Waals surface area contributed by atoms with Crippen molar-refractivity contribution in [1.82, 2.24) is 0 Å². The monoisotopic (exact) mass is 289 g/mol. The van der Waals surface area contributed by atoms with Crippen LogP contribution in [-0.4, -0.2) is 27.2 Å². The number of aryl methyl sites for hydroxylation is 1. The number of methoxy groups -OCH3 is 1. The Morgan fingerprint density at radius 3 is 2.58 bits per heavy atom. The molecule has 0 aromatic heterocycles. The second-order valence-electron chi connectivity index (χ2n) is 4.26. The zero-order chi connectivity index (χ0) is 14.6. The Balaban J connectivity index is 3.06. The highest BCUT2D eigenvalue weighted by Crippen LogP contribution is 2.25. The molecule has 1 aromatic carbocycles. The lowest BCUT2D eigenvalue weighted by Crippen LogP contribution is -2.23. The second-order valence-corrected chi connectivity index (χ2v) is 5.99. The molecule has 1 aromatic rings. The van der Waals surface area contributed by atoms with E-state index >= 15 is 0 Å². The van der Waals surface area contributed by atoms with Crippen molar-refractivity contribution in [1.29, 1.82) is 0 Å². The largest absolute Gasteiger partial charge is 0.469 e. The number of hydrogen-bond acceptors (Lipinski definition) is 4. The van der Waals surface area contributed by atoms with E-state index in [0.29, 0.717) is 5.56 Å². The van der Waals surface area contributed by atoms with Gasteiger partial charge in [0.15, 0.2) is 0 Å². The normalized spacial score (nSPS) is 13.1. The summed E-state index contributed by atoms with van der Waals surface area (Å²) in [4.78, 5) is 11.6. The number of primary sulfonamides is 1. The average molecular weight is 289 g/mol. The van der Waals surface area contributed by atoms with Crippen LogP contribution in [0, 0.1) is 12.7 Å². The first kappa shape index (κ1) is 15.6. The molecule has 1 rings (SSSR count). The number of halogens is 1. The number of rotatable bonds is 5. The number of hydrogen-bond donors (Lipinski definition) is 1. The second kappa shape index (κ2) is 6.12. The van der Waals surface area contributed by atoms with Crippen molar-refractivity contribution >= 4 is 16.0 Å². The van der Waals surface area contributed by atoms with E-state index in [1.165, 1.54) is 19.2 Å². The van der Waals surface area contributed by atoms with Gasteiger partial charge >= 0.3 is 5.97 Å². The van der Waals surface area contributed by atoms with Gasteiger partial charge in [0.25, 0.3) is 0 Å². The summed E-state index contributed by atoms with van der Waals surface area (Å²) in [7, 11) is -2.56. The molecule has 106 valence electrons. The van der Waals surface area contributed by atoms with Crippen LogP contribution in [0.5, 0.6) is 0 Å². The Morgan fingerprint density at radius 2 is 2.11 bits per heavy atom. The molecule has 0 bridgehead atoms. The van der Waals surface area contributed by atoms with Crippen molar-refractivity contribution in [2.24, 2.45) is 5.14 Å². The SMILES string of the molecule is COC(=O)C(CCS(N)(=O)=O)c1ccc(C)cc1F. The maximum absolute atomic E-state index is 13.8. The fourth-order valence-electron chi connectivity index (χ4n) is 1.74. The highest BCUT2D eigenvalue weighted by molar-refractivity contribution is 7.89. The van der Waals surface area contributed by atoms with Gasteiger partial charge in [0, 0.05) is 5.56 Å². The zero-order valence-corrected chi connectivity index (χ0v) is 11.5. The third kappa shape index (κ3) is 4.60. The van der Waals surface area contributed by atoms with E-state index in [4.69, 9.17) is 5.14 Å². The molecule has 19 heavy (non-hydrogen) atoms. The third-order valence-corrected chi connectivity index (χ3v) is 3.51. The molecule has 0 saturated heterocycles. The molecular formula is C12H16FNO4S. The van der Waals surface area contributed by atoms with Gasteiger partial charge in [0.2, 0.25) is 10.0 Å². The minimum absolute atomic E-state index is 0.112. The fraction of sp³-hybridized carbons (Fsp3) is 0.417. The van der Waals surface area contributed by atoms with E-state index in [9.17, 15) is 17.6 Å². The van der Waals surface area contributed by atoms with Gasteiger partial charge in [0.1, 0.15) is 5.82 Å². The lowest BCUT2D eigenvalue weighted by molar-refractivity contribution is -0.142. The van der Waals surface area contributed by atoms with Gasteiger partial charge in [-0.3, -0.25) is 4.79 Å². The van der Waals surface area contributed by atoms with Crippen LogP contribution in [0.15, 0.2) is 18.2 Å². The van der Waals surface area contributed by atoms with Crippen molar-refractivity contribution < 1.29 is 22.3 Å². The number of carbonyl (C=O) groups is 1. The molecule has 1 unspecified atom stereocenters. The molecule has 0 heterocycles. The molecule has 0 aliphatic carbocycles. The smallest absolute Gasteiger partial charge is 0.313 e. The summed E-state index contributed by atoms with van der Waals surface area (Å²) in [6.45, 7) is 1.71. The topological polar surface area (TPSA) is 86.5 Å². The fourth-order valence-corrected chi connectivity index (χ4v) is 2.30. The molecule has 0 aliphatic heterocycles. The van der Waals surface area contributed by atoms with Gasteiger partial charge in [-0.05, 0) is 25.0 Å².